The van der Waals surface area contributed by atoms with E-state index in [1.807, 2.05) is 49.4 Å². The number of rotatable bonds is 5. The molecular weight excluding hydrogens is 290 g/mol. The number of benzene rings is 1. The van der Waals surface area contributed by atoms with Crippen LogP contribution in [0.5, 0.6) is 0 Å². The maximum atomic E-state index is 13.0. The molecule has 1 atom stereocenters. The Morgan fingerprint density at radius 2 is 1.87 bits per heavy atom. The van der Waals surface area contributed by atoms with Gasteiger partial charge in [0.2, 0.25) is 0 Å². The second-order valence-electron chi connectivity index (χ2n) is 5.17. The van der Waals surface area contributed by atoms with Gasteiger partial charge in [-0.05, 0) is 24.6 Å². The lowest BCUT2D eigenvalue weighted by Gasteiger charge is -2.26. The van der Waals surface area contributed by atoms with E-state index in [1.54, 1.807) is 28.3 Å². The molecule has 2 heterocycles. The molecule has 0 unspecified atom stereocenters. The highest BCUT2D eigenvalue weighted by Crippen LogP contribution is 2.20. The van der Waals surface area contributed by atoms with Crippen LogP contribution >= 0.6 is 0 Å². The predicted octanol–water partition coefficient (Wildman–Crippen LogP) is 2.47. The predicted molar refractivity (Wildman–Crippen MR) is 86.6 cm³/mol. The van der Waals surface area contributed by atoms with Crippen LogP contribution in [0.1, 0.15) is 18.5 Å². The lowest BCUT2D eigenvalue weighted by atomic mass is 10.1. The van der Waals surface area contributed by atoms with E-state index in [0.717, 1.165) is 11.3 Å². The molecule has 0 spiro atoms. The molecule has 3 aromatic rings. The van der Waals surface area contributed by atoms with Crippen molar-refractivity contribution in [3.63, 3.8) is 0 Å². The molecule has 0 aliphatic carbocycles. The zero-order chi connectivity index (χ0) is 16.1. The Kier molecular flexibility index (Phi) is 4.42. The quantitative estimate of drug-likeness (QED) is 0.726. The van der Waals surface area contributed by atoms with Crippen molar-refractivity contribution in [3.8, 4) is 0 Å². The molecule has 0 fully saturated rings. The molecule has 0 bridgehead atoms. The first-order chi connectivity index (χ1) is 11.3. The van der Waals surface area contributed by atoms with Gasteiger partial charge >= 0.3 is 0 Å². The van der Waals surface area contributed by atoms with Crippen LogP contribution in [0.4, 0.5) is 5.69 Å². The molecule has 6 nitrogen and oxygen atoms in total. The summed E-state index contributed by atoms with van der Waals surface area (Å²) < 4.78 is 1.56. The Morgan fingerprint density at radius 1 is 1.13 bits per heavy atom. The Morgan fingerprint density at radius 3 is 2.52 bits per heavy atom. The molecule has 1 aromatic carbocycles. The van der Waals surface area contributed by atoms with Crippen molar-refractivity contribution in [2.45, 2.75) is 19.5 Å². The second kappa shape index (κ2) is 6.83. The van der Waals surface area contributed by atoms with E-state index >= 15 is 0 Å². The standard InChI is InChI=1S/C17H17N5O/c1-14(22-13-19-12-20-22)17(23)21(16-7-9-18-10-8-16)11-15-5-3-2-4-6-15/h2-10,12-14H,11H2,1H3/t14-/m1/s1. The van der Waals surface area contributed by atoms with E-state index in [-0.39, 0.29) is 5.91 Å². The largest absolute Gasteiger partial charge is 0.306 e. The minimum absolute atomic E-state index is 0.0504. The fourth-order valence-corrected chi connectivity index (χ4v) is 2.34. The summed E-state index contributed by atoms with van der Waals surface area (Å²) in [4.78, 5) is 22.6. The summed E-state index contributed by atoms with van der Waals surface area (Å²) >= 11 is 0. The fraction of sp³-hybridized carbons (Fsp3) is 0.176. The van der Waals surface area contributed by atoms with Gasteiger partial charge in [-0.2, -0.15) is 5.10 Å². The molecule has 1 amide bonds. The number of pyridine rings is 1. The van der Waals surface area contributed by atoms with Crippen molar-refractivity contribution in [2.75, 3.05) is 4.90 Å². The van der Waals surface area contributed by atoms with Crippen molar-refractivity contribution in [1.29, 1.82) is 0 Å². The third-order valence-corrected chi connectivity index (χ3v) is 3.61. The van der Waals surface area contributed by atoms with Crippen LogP contribution in [0.25, 0.3) is 0 Å². The SMILES string of the molecule is C[C@H](C(=O)N(Cc1ccccc1)c1ccncc1)n1cncn1. The normalized spacial score (nSPS) is 11.9. The van der Waals surface area contributed by atoms with E-state index in [2.05, 4.69) is 15.1 Å². The topological polar surface area (TPSA) is 63.9 Å². The van der Waals surface area contributed by atoms with Crippen molar-refractivity contribution in [3.05, 3.63) is 73.1 Å². The second-order valence-corrected chi connectivity index (χ2v) is 5.17. The highest BCUT2D eigenvalue weighted by atomic mass is 16.2. The zero-order valence-electron chi connectivity index (χ0n) is 12.8. The summed E-state index contributed by atoms with van der Waals surface area (Å²) in [6.07, 6.45) is 6.34. The Hall–Kier alpha value is -3.02. The van der Waals surface area contributed by atoms with Crippen LogP contribution in [-0.4, -0.2) is 25.7 Å². The van der Waals surface area contributed by atoms with Crippen molar-refractivity contribution in [2.24, 2.45) is 0 Å². The van der Waals surface area contributed by atoms with Crippen molar-refractivity contribution < 1.29 is 4.79 Å². The highest BCUT2D eigenvalue weighted by Gasteiger charge is 2.24. The fourth-order valence-electron chi connectivity index (χ4n) is 2.34. The molecule has 0 aliphatic rings. The first-order valence-electron chi connectivity index (χ1n) is 7.35. The van der Waals surface area contributed by atoms with Gasteiger partial charge in [0.25, 0.3) is 5.91 Å². The maximum Gasteiger partial charge on any atom is 0.251 e. The van der Waals surface area contributed by atoms with Gasteiger partial charge in [-0.15, -0.1) is 0 Å². The number of carbonyl (C=O) groups excluding carboxylic acids is 1. The lowest BCUT2D eigenvalue weighted by Crippen LogP contribution is -2.36. The molecule has 116 valence electrons. The molecule has 0 N–H and O–H groups in total. The summed E-state index contributed by atoms with van der Waals surface area (Å²) in [6, 6.07) is 13.1. The molecule has 3 rings (SSSR count). The average Bonchev–Trinajstić information content (AvgIpc) is 3.15. The van der Waals surface area contributed by atoms with Crippen LogP contribution in [0.15, 0.2) is 67.5 Å². The van der Waals surface area contributed by atoms with Gasteiger partial charge in [0.1, 0.15) is 18.7 Å². The number of carbonyl (C=O) groups is 1. The number of hydrogen-bond acceptors (Lipinski definition) is 4. The summed E-state index contributed by atoms with van der Waals surface area (Å²) in [5.41, 5.74) is 1.87. The number of anilines is 1. The third kappa shape index (κ3) is 3.42. The van der Waals surface area contributed by atoms with Gasteiger partial charge in [-0.1, -0.05) is 30.3 Å². The molecule has 0 radical (unpaired) electrons. The van der Waals surface area contributed by atoms with E-state index in [1.165, 1.54) is 6.33 Å². The van der Waals surface area contributed by atoms with Crippen LogP contribution in [0, 0.1) is 0 Å². The minimum atomic E-state index is -0.436. The molecule has 0 saturated carbocycles. The van der Waals surface area contributed by atoms with Crippen LogP contribution in [-0.2, 0) is 11.3 Å². The van der Waals surface area contributed by atoms with Gasteiger partial charge in [-0.25, -0.2) is 9.67 Å². The summed E-state index contributed by atoms with van der Waals surface area (Å²) in [7, 11) is 0. The smallest absolute Gasteiger partial charge is 0.251 e. The first-order valence-corrected chi connectivity index (χ1v) is 7.35. The average molecular weight is 307 g/mol. The Bertz CT molecular complexity index is 743. The van der Waals surface area contributed by atoms with Crippen LogP contribution < -0.4 is 4.90 Å². The molecular formula is C17H17N5O. The maximum absolute atomic E-state index is 13.0. The number of amides is 1. The molecule has 2 aromatic heterocycles. The van der Waals surface area contributed by atoms with Gasteiger partial charge in [-0.3, -0.25) is 9.78 Å². The molecule has 0 saturated heterocycles. The van der Waals surface area contributed by atoms with Crippen LogP contribution in [0.3, 0.4) is 0 Å². The third-order valence-electron chi connectivity index (χ3n) is 3.61. The van der Waals surface area contributed by atoms with Gasteiger partial charge < -0.3 is 4.90 Å². The molecule has 0 aliphatic heterocycles. The molecule has 6 heteroatoms. The summed E-state index contributed by atoms with van der Waals surface area (Å²) in [6.45, 7) is 2.30. The van der Waals surface area contributed by atoms with Crippen molar-refractivity contribution >= 4 is 11.6 Å². The number of hydrogen-bond donors (Lipinski definition) is 0. The highest BCUT2D eigenvalue weighted by molar-refractivity contribution is 5.95. The van der Waals surface area contributed by atoms with Crippen molar-refractivity contribution in [1.82, 2.24) is 19.7 Å². The van der Waals surface area contributed by atoms with E-state index in [0.29, 0.717) is 6.54 Å². The van der Waals surface area contributed by atoms with Gasteiger partial charge in [0.05, 0.1) is 6.54 Å². The summed E-state index contributed by atoms with van der Waals surface area (Å²) in [5.74, 6) is -0.0504. The Balaban J connectivity index is 1.90. The van der Waals surface area contributed by atoms with E-state index in [4.69, 9.17) is 0 Å². The summed E-state index contributed by atoms with van der Waals surface area (Å²) in [5, 5.41) is 4.07. The lowest BCUT2D eigenvalue weighted by molar-refractivity contribution is -0.121. The number of nitrogens with zero attached hydrogens (tertiary/aromatic N) is 5. The van der Waals surface area contributed by atoms with Gasteiger partial charge in [0, 0.05) is 18.1 Å². The first kappa shape index (κ1) is 14.9. The number of aromatic nitrogens is 4. The van der Waals surface area contributed by atoms with Gasteiger partial charge in [0.15, 0.2) is 0 Å². The van der Waals surface area contributed by atoms with E-state index < -0.39 is 6.04 Å². The minimum Gasteiger partial charge on any atom is -0.306 e. The van der Waals surface area contributed by atoms with Crippen LogP contribution in [0.2, 0.25) is 0 Å². The monoisotopic (exact) mass is 307 g/mol. The molecule has 23 heavy (non-hydrogen) atoms. The van der Waals surface area contributed by atoms with E-state index in [9.17, 15) is 4.79 Å². The Labute approximate surface area is 134 Å². The zero-order valence-corrected chi connectivity index (χ0v) is 12.8.